The largest absolute Gasteiger partial charge is 0.481 e. The quantitative estimate of drug-likeness (QED) is 0.435. The lowest BCUT2D eigenvalue weighted by atomic mass is 10.1. The molecule has 0 spiro atoms. The van der Waals surface area contributed by atoms with Crippen LogP contribution in [0.25, 0.3) is 11.4 Å². The Labute approximate surface area is 181 Å². The minimum absolute atomic E-state index is 0.395. The summed E-state index contributed by atoms with van der Waals surface area (Å²) in [5.74, 6) is 1.61. The van der Waals surface area contributed by atoms with Crippen LogP contribution in [0.1, 0.15) is 36.6 Å². The molecule has 0 unspecified atom stereocenters. The Morgan fingerprint density at radius 2 is 1.83 bits per heavy atom. The second kappa shape index (κ2) is 11.3. The van der Waals surface area contributed by atoms with E-state index < -0.39 is 0 Å². The number of ether oxygens (including phenoxy) is 1. The van der Waals surface area contributed by atoms with Gasteiger partial charge in [0.15, 0.2) is 0 Å². The Bertz CT molecular complexity index is 1010. The predicted molar refractivity (Wildman–Crippen MR) is 123 cm³/mol. The first kappa shape index (κ1) is 23.3. The maximum Gasteiger partial charge on any atom is 0.223 e. The van der Waals surface area contributed by atoms with E-state index in [0.717, 1.165) is 22.4 Å². The summed E-state index contributed by atoms with van der Waals surface area (Å²) < 4.78 is 10.3. The van der Waals surface area contributed by atoms with Crippen LogP contribution in [0.15, 0.2) is 45.9 Å². The standard InChI is InChI=1S/C20H21N5O2S.C2H6/c1-12-9-16(10-17(23-12)26-3)18(19(21)28-4)22-11-14-5-7-15(8-6-14)20-24-13(2)27-25-20;1-2/h5-10,21H,11H2,1-4H3;1-2H3. The van der Waals surface area contributed by atoms with Crippen LogP contribution in [0.3, 0.4) is 0 Å². The van der Waals surface area contributed by atoms with Crippen molar-refractivity contribution in [2.24, 2.45) is 4.99 Å². The Morgan fingerprint density at radius 1 is 1.13 bits per heavy atom. The molecule has 1 N–H and O–H groups in total. The van der Waals surface area contributed by atoms with Crippen LogP contribution in [0.5, 0.6) is 5.88 Å². The molecule has 3 rings (SSSR count). The fourth-order valence-corrected chi connectivity index (χ4v) is 2.99. The number of nitrogens with one attached hydrogen (secondary N) is 1. The summed E-state index contributed by atoms with van der Waals surface area (Å²) in [4.78, 5) is 13.2. The van der Waals surface area contributed by atoms with Crippen molar-refractivity contribution in [1.29, 1.82) is 5.41 Å². The molecule has 7 nitrogen and oxygen atoms in total. The number of aryl methyl sites for hydroxylation is 2. The molecule has 0 aliphatic heterocycles. The second-order valence-electron chi connectivity index (χ2n) is 6.07. The molecule has 0 atom stereocenters. The highest BCUT2D eigenvalue weighted by Gasteiger charge is 2.12. The zero-order chi connectivity index (χ0) is 22.1. The van der Waals surface area contributed by atoms with Gasteiger partial charge in [-0.15, -0.1) is 11.8 Å². The van der Waals surface area contributed by atoms with Gasteiger partial charge in [-0.25, -0.2) is 4.98 Å². The molecule has 0 aliphatic rings. The number of aromatic nitrogens is 3. The summed E-state index contributed by atoms with van der Waals surface area (Å²) in [7, 11) is 1.58. The number of pyridine rings is 1. The van der Waals surface area contributed by atoms with Crippen molar-refractivity contribution in [1.82, 2.24) is 15.1 Å². The van der Waals surface area contributed by atoms with Gasteiger partial charge in [-0.05, 0) is 24.8 Å². The number of nitrogens with zero attached hydrogens (tertiary/aromatic N) is 4. The van der Waals surface area contributed by atoms with Crippen molar-refractivity contribution in [2.45, 2.75) is 34.2 Å². The first-order valence-electron chi connectivity index (χ1n) is 9.60. The van der Waals surface area contributed by atoms with Crippen molar-refractivity contribution in [3.63, 3.8) is 0 Å². The summed E-state index contributed by atoms with van der Waals surface area (Å²) in [5.41, 5.74) is 4.16. The third kappa shape index (κ3) is 6.00. The normalized spacial score (nSPS) is 10.9. The summed E-state index contributed by atoms with van der Waals surface area (Å²) in [6.45, 7) is 8.11. The van der Waals surface area contributed by atoms with Gasteiger partial charge in [0.05, 0.1) is 19.4 Å². The van der Waals surface area contributed by atoms with Crippen LogP contribution in [-0.2, 0) is 6.54 Å². The number of benzene rings is 1. The van der Waals surface area contributed by atoms with Crippen LogP contribution in [0, 0.1) is 19.3 Å². The van der Waals surface area contributed by atoms with Gasteiger partial charge in [0.25, 0.3) is 0 Å². The van der Waals surface area contributed by atoms with E-state index >= 15 is 0 Å². The smallest absolute Gasteiger partial charge is 0.223 e. The van der Waals surface area contributed by atoms with Crippen LogP contribution in [0.4, 0.5) is 0 Å². The summed E-state index contributed by atoms with van der Waals surface area (Å²) in [6, 6.07) is 11.5. The lowest BCUT2D eigenvalue weighted by molar-refractivity contribution is 0.394. The SMILES string of the molecule is CC.COc1cc(C(=NCc2ccc(-c3noc(C)n3)cc2)C(=N)SC)cc(C)n1. The summed E-state index contributed by atoms with van der Waals surface area (Å²) in [5, 5.41) is 12.6. The fraction of sp³-hybridized carbons (Fsp3) is 0.318. The van der Waals surface area contributed by atoms with Crippen molar-refractivity contribution in [2.75, 3.05) is 13.4 Å². The Balaban J connectivity index is 0.00000155. The molecule has 2 aromatic heterocycles. The first-order chi connectivity index (χ1) is 14.5. The number of rotatable bonds is 6. The van der Waals surface area contributed by atoms with Gasteiger partial charge in [-0.1, -0.05) is 43.3 Å². The topological polar surface area (TPSA) is 97.3 Å². The molecular formula is C22H27N5O2S. The third-order valence-electron chi connectivity index (χ3n) is 3.99. The van der Waals surface area contributed by atoms with E-state index in [4.69, 9.17) is 19.7 Å². The summed E-state index contributed by atoms with van der Waals surface area (Å²) in [6.07, 6.45) is 1.87. The van der Waals surface area contributed by atoms with Crippen molar-refractivity contribution >= 4 is 22.5 Å². The second-order valence-corrected chi connectivity index (χ2v) is 6.89. The maximum absolute atomic E-state index is 8.29. The minimum Gasteiger partial charge on any atom is -0.481 e. The molecular weight excluding hydrogens is 398 g/mol. The summed E-state index contributed by atoms with van der Waals surface area (Å²) >= 11 is 1.35. The molecule has 0 radical (unpaired) electrons. The number of thioether (sulfide) groups is 1. The van der Waals surface area contributed by atoms with E-state index in [1.54, 1.807) is 20.1 Å². The van der Waals surface area contributed by atoms with Crippen molar-refractivity contribution in [3.05, 3.63) is 59.1 Å². The maximum atomic E-state index is 8.29. The molecule has 158 valence electrons. The van der Waals surface area contributed by atoms with Crippen molar-refractivity contribution in [3.8, 4) is 17.3 Å². The van der Waals surface area contributed by atoms with Gasteiger partial charge in [0.2, 0.25) is 17.6 Å². The number of hydrogen-bond acceptors (Lipinski definition) is 8. The molecule has 0 amide bonds. The van der Waals surface area contributed by atoms with Gasteiger partial charge >= 0.3 is 0 Å². The van der Waals surface area contributed by atoms with E-state index in [1.165, 1.54) is 11.8 Å². The molecule has 0 bridgehead atoms. The van der Waals surface area contributed by atoms with E-state index in [0.29, 0.717) is 34.9 Å². The number of methoxy groups -OCH3 is 1. The van der Waals surface area contributed by atoms with E-state index in [1.807, 2.05) is 57.4 Å². The zero-order valence-corrected chi connectivity index (χ0v) is 19.0. The van der Waals surface area contributed by atoms with Crippen LogP contribution < -0.4 is 4.74 Å². The molecule has 0 fully saturated rings. The monoisotopic (exact) mass is 425 g/mol. The van der Waals surface area contributed by atoms with Gasteiger partial charge in [-0.3, -0.25) is 10.4 Å². The van der Waals surface area contributed by atoms with E-state index in [-0.39, 0.29) is 0 Å². The predicted octanol–water partition coefficient (Wildman–Crippen LogP) is 5.11. The van der Waals surface area contributed by atoms with E-state index in [9.17, 15) is 0 Å². The van der Waals surface area contributed by atoms with Gasteiger partial charge in [0, 0.05) is 29.8 Å². The number of hydrogen-bond donors (Lipinski definition) is 1. The van der Waals surface area contributed by atoms with Crippen LogP contribution in [0.2, 0.25) is 0 Å². The molecule has 3 aromatic rings. The Morgan fingerprint density at radius 3 is 2.40 bits per heavy atom. The Hall–Kier alpha value is -3.00. The van der Waals surface area contributed by atoms with E-state index in [2.05, 4.69) is 15.1 Å². The molecule has 2 heterocycles. The highest BCUT2D eigenvalue weighted by atomic mass is 32.2. The molecule has 0 saturated heterocycles. The lowest BCUT2D eigenvalue weighted by Crippen LogP contribution is -2.12. The van der Waals surface area contributed by atoms with Gasteiger partial charge < -0.3 is 9.26 Å². The lowest BCUT2D eigenvalue weighted by Gasteiger charge is -2.10. The Kier molecular flexibility index (Phi) is 8.73. The van der Waals surface area contributed by atoms with Crippen molar-refractivity contribution < 1.29 is 9.26 Å². The van der Waals surface area contributed by atoms with Crippen LogP contribution in [-0.4, -0.2) is 39.2 Å². The highest BCUT2D eigenvalue weighted by Crippen LogP contribution is 2.19. The van der Waals surface area contributed by atoms with Gasteiger partial charge in [-0.2, -0.15) is 4.98 Å². The highest BCUT2D eigenvalue weighted by molar-refractivity contribution is 8.15. The molecule has 30 heavy (non-hydrogen) atoms. The molecule has 0 aliphatic carbocycles. The average Bonchev–Trinajstić information content (AvgIpc) is 3.21. The number of aliphatic imine (C=N–C) groups is 1. The zero-order valence-electron chi connectivity index (χ0n) is 18.2. The minimum atomic E-state index is 0.395. The molecule has 8 heteroatoms. The van der Waals surface area contributed by atoms with Gasteiger partial charge in [0.1, 0.15) is 5.04 Å². The third-order valence-corrected chi connectivity index (χ3v) is 4.59. The van der Waals surface area contributed by atoms with Crippen LogP contribution >= 0.6 is 11.8 Å². The molecule has 0 saturated carbocycles. The average molecular weight is 426 g/mol. The molecule has 1 aromatic carbocycles. The fourth-order valence-electron chi connectivity index (χ4n) is 2.62. The first-order valence-corrected chi connectivity index (χ1v) is 10.8.